The largest absolute Gasteiger partial charge is 0.391 e. The predicted molar refractivity (Wildman–Crippen MR) is 59.3 cm³/mol. The zero-order valence-electron chi connectivity index (χ0n) is 10.3. The monoisotopic (exact) mass is 248 g/mol. The van der Waals surface area contributed by atoms with E-state index in [0.29, 0.717) is 0 Å². The van der Waals surface area contributed by atoms with Gasteiger partial charge in [-0.05, 0) is 12.5 Å². The van der Waals surface area contributed by atoms with E-state index in [1.165, 1.54) is 21.1 Å². The third-order valence-corrected chi connectivity index (χ3v) is 3.25. The van der Waals surface area contributed by atoms with E-state index in [0.717, 1.165) is 0 Å². The van der Waals surface area contributed by atoms with Gasteiger partial charge in [0.2, 0.25) is 5.79 Å². The molecule has 0 radical (unpaired) electrons. The molecule has 0 aromatic carbocycles. The molecule has 4 atom stereocenters. The molecule has 0 aromatic heterocycles. The molecule has 0 spiro atoms. The van der Waals surface area contributed by atoms with Gasteiger partial charge in [-0.2, -0.15) is 0 Å². The van der Waals surface area contributed by atoms with Gasteiger partial charge in [0.05, 0.1) is 6.61 Å². The minimum atomic E-state index is -2.14. The molecule has 0 bridgehead atoms. The van der Waals surface area contributed by atoms with Crippen LogP contribution < -0.4 is 0 Å². The van der Waals surface area contributed by atoms with Crippen LogP contribution in [-0.4, -0.2) is 66.3 Å². The molecule has 0 unspecified atom stereocenters. The van der Waals surface area contributed by atoms with Crippen LogP contribution in [0.2, 0.25) is 0 Å². The van der Waals surface area contributed by atoms with E-state index in [1.807, 2.05) is 0 Å². The lowest BCUT2D eigenvalue weighted by Gasteiger charge is -2.52. The van der Waals surface area contributed by atoms with Gasteiger partial charge < -0.3 is 29.5 Å². The number of hydrogen-bond donors (Lipinski definition) is 3. The van der Waals surface area contributed by atoms with Crippen LogP contribution in [-0.2, 0) is 14.2 Å². The Labute approximate surface area is 100 Å². The van der Waals surface area contributed by atoms with Crippen LogP contribution in [0.1, 0.15) is 6.92 Å². The summed E-state index contributed by atoms with van der Waals surface area (Å²) in [5.41, 5.74) is -1.71. The fraction of sp³-hybridized carbons (Fsp3) is 0.818. The van der Waals surface area contributed by atoms with Gasteiger partial charge in [-0.15, -0.1) is 0 Å². The van der Waals surface area contributed by atoms with E-state index in [-0.39, 0.29) is 12.2 Å². The van der Waals surface area contributed by atoms with Crippen molar-refractivity contribution >= 4 is 0 Å². The maximum Gasteiger partial charge on any atom is 0.225 e. The molecule has 1 aliphatic rings. The van der Waals surface area contributed by atoms with Crippen molar-refractivity contribution in [1.29, 1.82) is 0 Å². The molecule has 1 aliphatic heterocycles. The van der Waals surface area contributed by atoms with Gasteiger partial charge in [-0.25, -0.2) is 0 Å². The van der Waals surface area contributed by atoms with Crippen molar-refractivity contribution in [3.8, 4) is 0 Å². The fourth-order valence-corrected chi connectivity index (χ4v) is 2.17. The molecule has 0 amide bonds. The van der Waals surface area contributed by atoms with Crippen molar-refractivity contribution in [2.24, 2.45) is 0 Å². The van der Waals surface area contributed by atoms with Crippen LogP contribution in [0.5, 0.6) is 0 Å². The molecule has 1 saturated heterocycles. The van der Waals surface area contributed by atoms with Crippen LogP contribution in [0, 0.1) is 0 Å². The molecule has 0 aliphatic carbocycles. The Morgan fingerprint density at radius 2 is 2.00 bits per heavy atom. The molecule has 100 valence electrons. The minimum Gasteiger partial charge on any atom is -0.391 e. The molecule has 0 saturated carbocycles. The van der Waals surface area contributed by atoms with Gasteiger partial charge in [0.25, 0.3) is 0 Å². The third kappa shape index (κ3) is 2.01. The average Bonchev–Trinajstić information content (AvgIpc) is 2.32. The van der Waals surface area contributed by atoms with Crippen molar-refractivity contribution in [2.75, 3.05) is 27.4 Å². The van der Waals surface area contributed by atoms with Crippen LogP contribution in [0.3, 0.4) is 0 Å². The molecule has 0 aromatic rings. The van der Waals surface area contributed by atoms with Crippen molar-refractivity contribution in [1.82, 2.24) is 0 Å². The number of ether oxygens (including phenoxy) is 3. The lowest BCUT2D eigenvalue weighted by atomic mass is 9.77. The first-order valence-electron chi connectivity index (χ1n) is 5.28. The first kappa shape index (κ1) is 14.6. The number of aliphatic hydroxyl groups excluding tert-OH is 1. The zero-order chi connectivity index (χ0) is 13.3. The first-order valence-corrected chi connectivity index (χ1v) is 5.28. The summed E-state index contributed by atoms with van der Waals surface area (Å²) in [6.07, 6.45) is -1.44. The Hall–Kier alpha value is -0.500. The van der Waals surface area contributed by atoms with Crippen LogP contribution in [0.25, 0.3) is 0 Å². The summed E-state index contributed by atoms with van der Waals surface area (Å²) in [6.45, 7) is 4.38. The average molecular weight is 248 g/mol. The van der Waals surface area contributed by atoms with Gasteiger partial charge in [0.15, 0.2) is 5.60 Å². The lowest BCUT2D eigenvalue weighted by Crippen LogP contribution is -2.72. The normalized spacial score (nSPS) is 42.5. The second-order valence-electron chi connectivity index (χ2n) is 4.23. The highest BCUT2D eigenvalue weighted by Gasteiger charge is 2.62. The Morgan fingerprint density at radius 3 is 2.35 bits per heavy atom. The Morgan fingerprint density at radius 1 is 1.41 bits per heavy atom. The summed E-state index contributed by atoms with van der Waals surface area (Å²) >= 11 is 0. The van der Waals surface area contributed by atoms with Crippen molar-refractivity contribution < 1.29 is 29.5 Å². The maximum absolute atomic E-state index is 10.6. The number of hydrogen-bond acceptors (Lipinski definition) is 6. The topological polar surface area (TPSA) is 88.4 Å². The molecule has 3 N–H and O–H groups in total. The molecular weight excluding hydrogens is 228 g/mol. The Balaban J connectivity index is 3.21. The molecule has 6 heteroatoms. The second kappa shape index (κ2) is 5.01. The summed E-state index contributed by atoms with van der Waals surface area (Å²) in [4.78, 5) is 0. The molecular formula is C11H20O6. The van der Waals surface area contributed by atoms with Crippen molar-refractivity contribution in [2.45, 2.75) is 30.5 Å². The van der Waals surface area contributed by atoms with E-state index in [9.17, 15) is 15.3 Å². The standard InChI is InChI=1S/C11H20O6/c1-7(2)11(14)9(16-4)8(15-3)5-17-10(11,13)6-12/h8-9,12-14H,1,5-6H2,2-4H3/t8-,9-,10+,11-/m1/s1. The van der Waals surface area contributed by atoms with Gasteiger partial charge in [0, 0.05) is 14.2 Å². The maximum atomic E-state index is 10.6. The quantitative estimate of drug-likeness (QED) is 0.555. The summed E-state index contributed by atoms with van der Waals surface area (Å²) in [5.74, 6) is -2.14. The molecule has 6 nitrogen and oxygen atoms in total. The van der Waals surface area contributed by atoms with Gasteiger partial charge in [-0.3, -0.25) is 0 Å². The summed E-state index contributed by atoms with van der Waals surface area (Å²) < 4.78 is 15.4. The first-order chi connectivity index (χ1) is 7.87. The van der Waals surface area contributed by atoms with E-state index in [2.05, 4.69) is 6.58 Å². The highest BCUT2D eigenvalue weighted by molar-refractivity contribution is 5.23. The predicted octanol–water partition coefficient (Wildman–Crippen LogP) is -0.965. The SMILES string of the molecule is C=C(C)[C@@]1(O)[C@H](OC)[C@H](OC)CO[C@@]1(O)CO. The highest BCUT2D eigenvalue weighted by atomic mass is 16.7. The van der Waals surface area contributed by atoms with Crippen LogP contribution in [0.4, 0.5) is 0 Å². The number of rotatable bonds is 4. The summed E-state index contributed by atoms with van der Waals surface area (Å²) in [5, 5.41) is 30.0. The molecule has 17 heavy (non-hydrogen) atoms. The fourth-order valence-electron chi connectivity index (χ4n) is 2.17. The van der Waals surface area contributed by atoms with E-state index < -0.39 is 30.2 Å². The van der Waals surface area contributed by atoms with Crippen LogP contribution >= 0.6 is 0 Å². The molecule has 1 rings (SSSR count). The van der Waals surface area contributed by atoms with E-state index in [4.69, 9.17) is 14.2 Å². The third-order valence-electron chi connectivity index (χ3n) is 3.25. The second-order valence-corrected chi connectivity index (χ2v) is 4.23. The zero-order valence-corrected chi connectivity index (χ0v) is 10.3. The minimum absolute atomic E-state index is 0.00164. The van der Waals surface area contributed by atoms with Gasteiger partial charge >= 0.3 is 0 Å². The summed E-state index contributed by atoms with van der Waals surface area (Å²) in [7, 11) is 2.83. The van der Waals surface area contributed by atoms with Gasteiger partial charge in [0.1, 0.15) is 18.8 Å². The lowest BCUT2D eigenvalue weighted by molar-refractivity contribution is -0.366. The van der Waals surface area contributed by atoms with E-state index in [1.54, 1.807) is 0 Å². The Kier molecular flexibility index (Phi) is 4.29. The Bertz CT molecular complexity index is 294. The molecule has 1 fully saturated rings. The van der Waals surface area contributed by atoms with Gasteiger partial charge in [-0.1, -0.05) is 6.58 Å². The van der Waals surface area contributed by atoms with Crippen molar-refractivity contribution in [3.63, 3.8) is 0 Å². The molecule has 1 heterocycles. The van der Waals surface area contributed by atoms with Crippen molar-refractivity contribution in [3.05, 3.63) is 12.2 Å². The number of aliphatic hydroxyl groups is 3. The summed E-state index contributed by atoms with van der Waals surface area (Å²) in [6, 6.07) is 0. The van der Waals surface area contributed by atoms with E-state index >= 15 is 0 Å². The highest BCUT2D eigenvalue weighted by Crippen LogP contribution is 2.40. The smallest absolute Gasteiger partial charge is 0.225 e. The van der Waals surface area contributed by atoms with Crippen LogP contribution in [0.15, 0.2) is 12.2 Å². The number of methoxy groups -OCH3 is 2.